The van der Waals surface area contributed by atoms with Crippen molar-refractivity contribution < 1.29 is 33.3 Å². The molecule has 3 rings (SSSR count). The van der Waals surface area contributed by atoms with Crippen molar-refractivity contribution in [1.82, 2.24) is 9.80 Å². The predicted octanol–water partition coefficient (Wildman–Crippen LogP) is 1.10. The summed E-state index contributed by atoms with van der Waals surface area (Å²) in [6, 6.07) is 4.55. The molecule has 9 nitrogen and oxygen atoms in total. The van der Waals surface area contributed by atoms with Crippen molar-refractivity contribution in [2.24, 2.45) is 0 Å². The van der Waals surface area contributed by atoms with Gasteiger partial charge in [0.1, 0.15) is 0 Å². The van der Waals surface area contributed by atoms with E-state index in [-0.39, 0.29) is 24.0 Å². The summed E-state index contributed by atoms with van der Waals surface area (Å²) in [6.07, 6.45) is 1.08. The zero-order valence-corrected chi connectivity index (χ0v) is 17.4. The molecule has 1 atom stereocenters. The second-order valence-electron chi connectivity index (χ2n) is 7.23. The topological polar surface area (TPSA) is 94.6 Å². The van der Waals surface area contributed by atoms with Crippen LogP contribution in [-0.4, -0.2) is 86.8 Å². The Morgan fingerprint density at radius 2 is 1.73 bits per heavy atom. The van der Waals surface area contributed by atoms with Gasteiger partial charge in [0.05, 0.1) is 25.9 Å². The van der Waals surface area contributed by atoms with Gasteiger partial charge in [0, 0.05) is 26.2 Å². The Morgan fingerprint density at radius 1 is 1.03 bits per heavy atom. The van der Waals surface area contributed by atoms with E-state index in [9.17, 15) is 14.4 Å². The third-order valence-electron chi connectivity index (χ3n) is 5.16. The smallest absolute Gasteiger partial charge is 0.339 e. The van der Waals surface area contributed by atoms with Gasteiger partial charge in [-0.2, -0.15) is 0 Å². The average molecular weight is 420 g/mol. The molecule has 1 aromatic rings. The van der Waals surface area contributed by atoms with Crippen LogP contribution < -0.4 is 9.47 Å². The standard InChI is InChI=1S/C21H28N2O7/c1-15(20(25)23-7-3-4-8-23)30-21(26)16-5-6-17(18(13-16)27-2)29-14-19(24)22-9-11-28-12-10-22/h5-6,13,15H,3-4,7-12,14H2,1-2H3/t15-/m0/s1. The van der Waals surface area contributed by atoms with Gasteiger partial charge in [0.25, 0.3) is 11.8 Å². The SMILES string of the molecule is COc1cc(C(=O)O[C@@H](C)C(=O)N2CCCC2)ccc1OCC(=O)N1CCOCC1. The first-order chi connectivity index (χ1) is 14.5. The van der Waals surface area contributed by atoms with Gasteiger partial charge in [-0.1, -0.05) is 0 Å². The van der Waals surface area contributed by atoms with Gasteiger partial charge in [0.15, 0.2) is 24.2 Å². The Hall–Kier alpha value is -2.81. The van der Waals surface area contributed by atoms with Crippen LogP contribution in [0.4, 0.5) is 0 Å². The van der Waals surface area contributed by atoms with E-state index in [1.165, 1.54) is 19.2 Å². The first-order valence-electron chi connectivity index (χ1n) is 10.2. The quantitative estimate of drug-likeness (QED) is 0.610. The Morgan fingerprint density at radius 3 is 2.40 bits per heavy atom. The number of ether oxygens (including phenoxy) is 4. The van der Waals surface area contributed by atoms with E-state index in [0.717, 1.165) is 12.8 Å². The van der Waals surface area contributed by atoms with Crippen LogP contribution in [0.2, 0.25) is 0 Å². The highest BCUT2D eigenvalue weighted by atomic mass is 16.5. The minimum atomic E-state index is -0.858. The molecule has 0 aromatic heterocycles. The van der Waals surface area contributed by atoms with Crippen molar-refractivity contribution in [1.29, 1.82) is 0 Å². The normalized spacial score (nSPS) is 17.4. The van der Waals surface area contributed by atoms with Crippen molar-refractivity contribution >= 4 is 17.8 Å². The third-order valence-corrected chi connectivity index (χ3v) is 5.16. The summed E-state index contributed by atoms with van der Waals surface area (Å²) in [6.45, 7) is 4.95. The summed E-state index contributed by atoms with van der Waals surface area (Å²) < 4.78 is 21.5. The number of likely N-dealkylation sites (tertiary alicyclic amines) is 1. The molecule has 0 aliphatic carbocycles. The van der Waals surface area contributed by atoms with Gasteiger partial charge in [-0.05, 0) is 38.0 Å². The summed E-state index contributed by atoms with van der Waals surface area (Å²) in [5, 5.41) is 0. The lowest BCUT2D eigenvalue weighted by Crippen LogP contribution is -2.43. The second-order valence-corrected chi connectivity index (χ2v) is 7.23. The maximum absolute atomic E-state index is 12.5. The Balaban J connectivity index is 1.57. The minimum Gasteiger partial charge on any atom is -0.493 e. The van der Waals surface area contributed by atoms with Gasteiger partial charge in [-0.15, -0.1) is 0 Å². The molecule has 0 radical (unpaired) electrons. The van der Waals surface area contributed by atoms with E-state index < -0.39 is 12.1 Å². The van der Waals surface area contributed by atoms with Crippen LogP contribution in [-0.2, 0) is 19.1 Å². The van der Waals surface area contributed by atoms with Crippen LogP contribution in [0, 0.1) is 0 Å². The maximum Gasteiger partial charge on any atom is 0.339 e. The van der Waals surface area contributed by atoms with E-state index in [0.29, 0.717) is 50.9 Å². The summed E-state index contributed by atoms with van der Waals surface area (Å²) >= 11 is 0. The number of hydrogen-bond donors (Lipinski definition) is 0. The Labute approximate surface area is 175 Å². The molecule has 2 fully saturated rings. The molecule has 2 aliphatic heterocycles. The second kappa shape index (κ2) is 10.3. The lowest BCUT2D eigenvalue weighted by molar-refractivity contribution is -0.138. The number of nitrogens with zero attached hydrogens (tertiary/aromatic N) is 2. The molecular weight excluding hydrogens is 392 g/mol. The number of rotatable bonds is 7. The maximum atomic E-state index is 12.5. The molecule has 0 saturated carbocycles. The van der Waals surface area contributed by atoms with Crippen molar-refractivity contribution in [3.05, 3.63) is 23.8 Å². The van der Waals surface area contributed by atoms with Crippen molar-refractivity contribution in [3.8, 4) is 11.5 Å². The number of hydrogen-bond acceptors (Lipinski definition) is 7. The van der Waals surface area contributed by atoms with E-state index in [1.807, 2.05) is 0 Å². The van der Waals surface area contributed by atoms with Gasteiger partial charge in [-0.3, -0.25) is 9.59 Å². The van der Waals surface area contributed by atoms with Gasteiger partial charge in [-0.25, -0.2) is 4.79 Å². The fraction of sp³-hybridized carbons (Fsp3) is 0.571. The first kappa shape index (κ1) is 21.9. The zero-order valence-electron chi connectivity index (χ0n) is 17.4. The number of methoxy groups -OCH3 is 1. The van der Waals surface area contributed by atoms with Crippen molar-refractivity contribution in [3.63, 3.8) is 0 Å². The monoisotopic (exact) mass is 420 g/mol. The summed E-state index contributed by atoms with van der Waals surface area (Å²) in [5.41, 5.74) is 0.236. The molecule has 30 heavy (non-hydrogen) atoms. The highest BCUT2D eigenvalue weighted by Crippen LogP contribution is 2.28. The molecule has 2 amide bonds. The van der Waals surface area contributed by atoms with E-state index >= 15 is 0 Å². The van der Waals surface area contributed by atoms with Crippen LogP contribution in [0.15, 0.2) is 18.2 Å². The lowest BCUT2D eigenvalue weighted by atomic mass is 10.2. The molecule has 2 heterocycles. The lowest BCUT2D eigenvalue weighted by Gasteiger charge is -2.26. The molecule has 9 heteroatoms. The molecule has 0 N–H and O–H groups in total. The van der Waals surface area contributed by atoms with Crippen LogP contribution in [0.3, 0.4) is 0 Å². The number of amides is 2. The highest BCUT2D eigenvalue weighted by molar-refractivity contribution is 5.93. The molecule has 2 aliphatic rings. The van der Waals surface area contributed by atoms with Gasteiger partial charge in [0.2, 0.25) is 0 Å². The number of carbonyl (C=O) groups is 3. The fourth-order valence-electron chi connectivity index (χ4n) is 3.43. The molecule has 0 unspecified atom stereocenters. The molecule has 164 valence electrons. The molecular formula is C21H28N2O7. The van der Waals surface area contributed by atoms with Crippen molar-refractivity contribution in [2.75, 3.05) is 53.1 Å². The van der Waals surface area contributed by atoms with Crippen LogP contribution >= 0.6 is 0 Å². The van der Waals surface area contributed by atoms with Crippen LogP contribution in [0.25, 0.3) is 0 Å². The Kier molecular flexibility index (Phi) is 7.51. The fourth-order valence-corrected chi connectivity index (χ4v) is 3.43. The number of benzene rings is 1. The average Bonchev–Trinajstić information content (AvgIpc) is 3.32. The summed E-state index contributed by atoms with van der Waals surface area (Å²) in [5.74, 6) is -0.300. The number of carbonyl (C=O) groups excluding carboxylic acids is 3. The van der Waals surface area contributed by atoms with E-state index in [4.69, 9.17) is 18.9 Å². The molecule has 2 saturated heterocycles. The first-order valence-corrected chi connectivity index (χ1v) is 10.2. The third kappa shape index (κ3) is 5.41. The number of morpholine rings is 1. The van der Waals surface area contributed by atoms with Gasteiger partial charge < -0.3 is 28.7 Å². The Bertz CT molecular complexity index is 771. The minimum absolute atomic E-state index is 0.137. The number of esters is 1. The van der Waals surface area contributed by atoms with Gasteiger partial charge >= 0.3 is 5.97 Å². The molecule has 1 aromatic carbocycles. The molecule has 0 bridgehead atoms. The van der Waals surface area contributed by atoms with Crippen LogP contribution in [0.5, 0.6) is 11.5 Å². The summed E-state index contributed by atoms with van der Waals surface area (Å²) in [4.78, 5) is 40.4. The van der Waals surface area contributed by atoms with E-state index in [2.05, 4.69) is 0 Å². The van der Waals surface area contributed by atoms with E-state index in [1.54, 1.807) is 22.8 Å². The molecule has 0 spiro atoms. The highest BCUT2D eigenvalue weighted by Gasteiger charge is 2.26. The summed E-state index contributed by atoms with van der Waals surface area (Å²) in [7, 11) is 1.45. The van der Waals surface area contributed by atoms with Crippen LogP contribution in [0.1, 0.15) is 30.1 Å². The largest absolute Gasteiger partial charge is 0.493 e. The van der Waals surface area contributed by atoms with Crippen molar-refractivity contribution in [2.45, 2.75) is 25.9 Å². The zero-order chi connectivity index (χ0) is 21.5. The predicted molar refractivity (Wildman–Crippen MR) is 107 cm³/mol.